The van der Waals surface area contributed by atoms with E-state index in [0.29, 0.717) is 18.9 Å². The number of piperidine rings is 1. The largest absolute Gasteiger partial charge is 0.363 e. The van der Waals surface area contributed by atoms with Gasteiger partial charge in [0.05, 0.1) is 0 Å². The van der Waals surface area contributed by atoms with Gasteiger partial charge in [0.25, 0.3) is 0 Å². The molecule has 3 nitrogen and oxygen atoms in total. The van der Waals surface area contributed by atoms with Gasteiger partial charge in [0.1, 0.15) is 5.82 Å². The summed E-state index contributed by atoms with van der Waals surface area (Å²) >= 11 is 0. The van der Waals surface area contributed by atoms with Gasteiger partial charge in [-0.15, -0.1) is 24.8 Å². The lowest BCUT2D eigenvalue weighted by Gasteiger charge is -2.32. The summed E-state index contributed by atoms with van der Waals surface area (Å²) in [6.45, 7) is 6.81. The molecule has 0 unspecified atom stereocenters. The second-order valence-corrected chi connectivity index (χ2v) is 12.3. The fraction of sp³-hybridized carbons (Fsp3) is 0.342. The van der Waals surface area contributed by atoms with E-state index in [-0.39, 0.29) is 36.4 Å². The second kappa shape index (κ2) is 15.7. The van der Waals surface area contributed by atoms with Crippen LogP contribution >= 0.6 is 24.8 Å². The number of benzene rings is 4. The van der Waals surface area contributed by atoms with E-state index < -0.39 is 0 Å². The Kier molecular flexibility index (Phi) is 12.0. The number of Topliss-reactive ketones (excluding diaryl/α,β-unsaturated/α-hetero) is 1. The standard InChI is InChI=1S/C38H41FN2O.2ClH/c1-28-5-4-6-31(23-28)25-40-21-19-29(20-22-40)11-18-38(42)34-15-13-32-12-14-33-7-2-3-8-37(33)41(27-35(32)24-34)26-30-9-16-36(39)17-10-30;;/h2-10,13,15-17,23-24,29H,11-12,14,18-22,25-27H2,1H3;2*1H. The maximum absolute atomic E-state index is 13.6. The average Bonchev–Trinajstić information content (AvgIpc) is 3.00. The van der Waals surface area contributed by atoms with Gasteiger partial charge in [-0.2, -0.15) is 0 Å². The molecule has 44 heavy (non-hydrogen) atoms. The number of hydrogen-bond acceptors (Lipinski definition) is 3. The van der Waals surface area contributed by atoms with Gasteiger partial charge >= 0.3 is 0 Å². The molecule has 2 heterocycles. The summed E-state index contributed by atoms with van der Waals surface area (Å²) < 4.78 is 13.6. The molecule has 0 aliphatic carbocycles. The molecule has 2 aliphatic heterocycles. The highest BCUT2D eigenvalue weighted by Crippen LogP contribution is 2.31. The number of hydrogen-bond donors (Lipinski definition) is 0. The van der Waals surface area contributed by atoms with Crippen molar-refractivity contribution in [3.8, 4) is 0 Å². The van der Waals surface area contributed by atoms with Gasteiger partial charge in [-0.05, 0) is 110 Å². The number of fused-ring (bicyclic) bond motifs is 2. The molecule has 0 saturated carbocycles. The van der Waals surface area contributed by atoms with Crippen LogP contribution in [0.2, 0.25) is 0 Å². The number of aryl methyl sites for hydroxylation is 3. The van der Waals surface area contributed by atoms with E-state index in [0.717, 1.165) is 56.6 Å². The number of nitrogens with zero attached hydrogens (tertiary/aromatic N) is 2. The van der Waals surface area contributed by atoms with Crippen molar-refractivity contribution in [3.63, 3.8) is 0 Å². The minimum atomic E-state index is -0.215. The Morgan fingerprint density at radius 2 is 1.52 bits per heavy atom. The Morgan fingerprint density at radius 1 is 0.773 bits per heavy atom. The summed E-state index contributed by atoms with van der Waals surface area (Å²) in [6.07, 6.45) is 5.84. The minimum Gasteiger partial charge on any atom is -0.363 e. The van der Waals surface area contributed by atoms with Crippen LogP contribution < -0.4 is 4.90 Å². The average molecular weight is 634 g/mol. The van der Waals surface area contributed by atoms with Crippen LogP contribution in [-0.2, 0) is 32.5 Å². The monoisotopic (exact) mass is 632 g/mol. The van der Waals surface area contributed by atoms with Crippen LogP contribution in [0.25, 0.3) is 0 Å². The highest BCUT2D eigenvalue weighted by atomic mass is 35.5. The molecule has 4 aromatic carbocycles. The van der Waals surface area contributed by atoms with Crippen molar-refractivity contribution < 1.29 is 9.18 Å². The third kappa shape index (κ3) is 8.50. The van der Waals surface area contributed by atoms with E-state index in [2.05, 4.69) is 77.4 Å². The Hall–Kier alpha value is -3.18. The number of para-hydroxylation sites is 1. The first kappa shape index (κ1) is 33.7. The molecule has 0 atom stereocenters. The third-order valence-electron chi connectivity index (χ3n) is 9.15. The lowest BCUT2D eigenvalue weighted by Crippen LogP contribution is -2.33. The first-order valence-corrected chi connectivity index (χ1v) is 15.5. The van der Waals surface area contributed by atoms with Crippen molar-refractivity contribution >= 4 is 36.3 Å². The lowest BCUT2D eigenvalue weighted by molar-refractivity contribution is 0.0961. The maximum atomic E-state index is 13.6. The zero-order valence-electron chi connectivity index (χ0n) is 25.5. The first-order valence-electron chi connectivity index (χ1n) is 15.5. The van der Waals surface area contributed by atoms with Crippen molar-refractivity contribution in [1.82, 2.24) is 4.90 Å². The van der Waals surface area contributed by atoms with Crippen molar-refractivity contribution in [2.24, 2.45) is 5.92 Å². The van der Waals surface area contributed by atoms with Crippen LogP contribution in [0.15, 0.2) is 91.0 Å². The quantitative estimate of drug-likeness (QED) is 0.181. The molecule has 0 spiro atoms. The molecular weight excluding hydrogens is 590 g/mol. The molecule has 232 valence electrons. The molecule has 6 rings (SSSR count). The Labute approximate surface area is 274 Å². The molecular formula is C38H43Cl2FN2O. The fourth-order valence-corrected chi connectivity index (χ4v) is 6.71. The summed E-state index contributed by atoms with van der Waals surface area (Å²) in [7, 11) is 0. The van der Waals surface area contributed by atoms with Crippen LogP contribution in [0.4, 0.5) is 10.1 Å². The normalized spacial score (nSPS) is 15.2. The van der Waals surface area contributed by atoms with E-state index in [1.54, 1.807) is 0 Å². The lowest BCUT2D eigenvalue weighted by atomic mass is 9.89. The molecule has 6 heteroatoms. The van der Waals surface area contributed by atoms with Crippen molar-refractivity contribution in [2.45, 2.75) is 65.1 Å². The molecule has 1 fully saturated rings. The Morgan fingerprint density at radius 3 is 2.30 bits per heavy atom. The van der Waals surface area contributed by atoms with Crippen LogP contribution in [-0.4, -0.2) is 23.8 Å². The molecule has 0 N–H and O–H groups in total. The number of halogens is 3. The van der Waals surface area contributed by atoms with Crippen molar-refractivity contribution in [2.75, 3.05) is 18.0 Å². The number of rotatable bonds is 8. The van der Waals surface area contributed by atoms with Gasteiger partial charge in [-0.3, -0.25) is 9.69 Å². The number of likely N-dealkylation sites (tertiary alicyclic amines) is 1. The number of ketones is 1. The fourth-order valence-electron chi connectivity index (χ4n) is 6.71. The Balaban J connectivity index is 0.00000221. The molecule has 0 bridgehead atoms. The second-order valence-electron chi connectivity index (χ2n) is 12.3. The van der Waals surface area contributed by atoms with Crippen LogP contribution in [0, 0.1) is 18.7 Å². The maximum Gasteiger partial charge on any atom is 0.162 e. The molecule has 0 amide bonds. The molecule has 0 aromatic heterocycles. The Bertz CT molecular complexity index is 1530. The number of carbonyl (C=O) groups excluding carboxylic acids is 1. The van der Waals surface area contributed by atoms with E-state index >= 15 is 0 Å². The topological polar surface area (TPSA) is 23.6 Å². The summed E-state index contributed by atoms with van der Waals surface area (Å²) in [5.41, 5.74) is 9.70. The van der Waals surface area contributed by atoms with Gasteiger partial charge in [0.2, 0.25) is 0 Å². The van der Waals surface area contributed by atoms with Crippen LogP contribution in [0.1, 0.15) is 69.4 Å². The summed E-state index contributed by atoms with van der Waals surface area (Å²) in [6, 6.07) is 30.6. The highest BCUT2D eigenvalue weighted by Gasteiger charge is 2.22. The minimum absolute atomic E-state index is 0. The SMILES string of the molecule is Cc1cccc(CN2CCC(CCC(=O)c3ccc4c(c3)CN(Cc3ccc(F)cc3)c3ccccc3CC4)CC2)c1.Cl.Cl. The van der Waals surface area contributed by atoms with Gasteiger partial charge in [0, 0.05) is 37.3 Å². The molecule has 4 aromatic rings. The third-order valence-corrected chi connectivity index (χ3v) is 9.15. The van der Waals surface area contributed by atoms with Gasteiger partial charge in [-0.25, -0.2) is 4.39 Å². The zero-order chi connectivity index (χ0) is 28.9. The predicted molar refractivity (Wildman–Crippen MR) is 184 cm³/mol. The molecule has 2 aliphatic rings. The number of carbonyl (C=O) groups is 1. The molecule has 0 radical (unpaired) electrons. The van der Waals surface area contributed by atoms with Gasteiger partial charge in [0.15, 0.2) is 5.78 Å². The summed E-state index contributed by atoms with van der Waals surface area (Å²) in [4.78, 5) is 18.3. The van der Waals surface area contributed by atoms with Gasteiger partial charge < -0.3 is 4.90 Å². The van der Waals surface area contributed by atoms with E-state index in [4.69, 9.17) is 0 Å². The van der Waals surface area contributed by atoms with Crippen molar-refractivity contribution in [1.29, 1.82) is 0 Å². The first-order chi connectivity index (χ1) is 20.5. The highest BCUT2D eigenvalue weighted by molar-refractivity contribution is 5.96. The van der Waals surface area contributed by atoms with Crippen molar-refractivity contribution in [3.05, 3.63) is 136 Å². The van der Waals surface area contributed by atoms with E-state index in [1.807, 2.05) is 18.2 Å². The zero-order valence-corrected chi connectivity index (χ0v) is 27.1. The summed E-state index contributed by atoms with van der Waals surface area (Å²) in [5, 5.41) is 0. The predicted octanol–water partition coefficient (Wildman–Crippen LogP) is 9.16. The smallest absolute Gasteiger partial charge is 0.162 e. The van der Waals surface area contributed by atoms with E-state index in [1.165, 1.54) is 58.5 Å². The van der Waals surface area contributed by atoms with Gasteiger partial charge in [-0.1, -0.05) is 72.3 Å². The van der Waals surface area contributed by atoms with Crippen LogP contribution in [0.3, 0.4) is 0 Å². The van der Waals surface area contributed by atoms with E-state index in [9.17, 15) is 9.18 Å². The summed E-state index contributed by atoms with van der Waals surface area (Å²) in [5.74, 6) is 0.662. The number of anilines is 1. The molecule has 1 saturated heterocycles. The van der Waals surface area contributed by atoms with Crippen LogP contribution in [0.5, 0.6) is 0 Å².